The van der Waals surface area contributed by atoms with E-state index in [4.69, 9.17) is 5.41 Å². The zero-order valence-corrected chi connectivity index (χ0v) is 15.4. The van der Waals surface area contributed by atoms with Gasteiger partial charge in [-0.3, -0.25) is 0 Å². The summed E-state index contributed by atoms with van der Waals surface area (Å²) in [7, 11) is 0. The van der Waals surface area contributed by atoms with Gasteiger partial charge in [0.25, 0.3) is 0 Å². The van der Waals surface area contributed by atoms with Crippen LogP contribution in [-0.2, 0) is 0 Å². The fourth-order valence-electron chi connectivity index (χ4n) is 2.82. The predicted molar refractivity (Wildman–Crippen MR) is 108 cm³/mol. The van der Waals surface area contributed by atoms with E-state index in [1.807, 2.05) is 12.2 Å². The van der Waals surface area contributed by atoms with Crippen LogP contribution >= 0.6 is 0 Å². The number of nitrogens with one attached hydrogen (secondary N) is 1. The first-order valence-electron chi connectivity index (χ1n) is 8.21. The average Bonchev–Trinajstić information content (AvgIpc) is 2.69. The van der Waals surface area contributed by atoms with Crippen molar-refractivity contribution in [1.82, 2.24) is 0 Å². The first kappa shape index (κ1) is 15.8. The molecule has 0 bridgehead atoms. The standard InChI is InChI=1S/C23H17NSe/c24-21-13-11-19(12-14-21)23-16-20(17-7-3-1-4-8-17)15-22(25-23)18-9-5-2-6-10-18/h1-16,24H. The summed E-state index contributed by atoms with van der Waals surface area (Å²) in [4.78, 5) is 0. The normalized spacial score (nSPS) is 16.7. The van der Waals surface area contributed by atoms with Crippen molar-refractivity contribution in [3.8, 4) is 0 Å². The van der Waals surface area contributed by atoms with Gasteiger partial charge >= 0.3 is 154 Å². The molecule has 0 saturated carbocycles. The van der Waals surface area contributed by atoms with Crippen molar-refractivity contribution in [2.45, 2.75) is 0 Å². The van der Waals surface area contributed by atoms with Crippen molar-refractivity contribution in [3.63, 3.8) is 0 Å². The molecule has 1 nitrogen and oxygen atoms in total. The second kappa shape index (κ2) is 7.06. The summed E-state index contributed by atoms with van der Waals surface area (Å²) < 4.78 is 2.74. The van der Waals surface area contributed by atoms with E-state index in [0.717, 1.165) is 0 Å². The summed E-state index contributed by atoms with van der Waals surface area (Å²) in [5.41, 5.74) is 5.54. The van der Waals surface area contributed by atoms with E-state index in [2.05, 4.69) is 85.0 Å². The third kappa shape index (κ3) is 3.56. The Morgan fingerprint density at radius 3 is 1.88 bits per heavy atom. The summed E-state index contributed by atoms with van der Waals surface area (Å²) in [6.45, 7) is 0. The van der Waals surface area contributed by atoms with Crippen LogP contribution in [0.1, 0.15) is 11.1 Å². The van der Waals surface area contributed by atoms with Crippen molar-refractivity contribution in [1.29, 1.82) is 5.41 Å². The Morgan fingerprint density at radius 1 is 0.640 bits per heavy atom. The van der Waals surface area contributed by atoms with Crippen LogP contribution in [0.4, 0.5) is 0 Å². The quantitative estimate of drug-likeness (QED) is 0.684. The molecule has 0 fully saturated rings. The molecule has 120 valence electrons. The van der Waals surface area contributed by atoms with Crippen molar-refractivity contribution in [3.05, 3.63) is 118 Å². The molecular weight excluding hydrogens is 369 g/mol. The summed E-state index contributed by atoms with van der Waals surface area (Å²) in [6.07, 6.45) is 12.5. The molecule has 0 saturated heterocycles. The van der Waals surface area contributed by atoms with Crippen LogP contribution in [0.3, 0.4) is 0 Å². The third-order valence-corrected chi connectivity index (χ3v) is 6.53. The van der Waals surface area contributed by atoms with Gasteiger partial charge in [-0.25, -0.2) is 0 Å². The molecule has 1 heterocycles. The predicted octanol–water partition coefficient (Wildman–Crippen LogP) is 5.23. The van der Waals surface area contributed by atoms with Crippen LogP contribution in [0.5, 0.6) is 0 Å². The fourth-order valence-corrected chi connectivity index (χ4v) is 5.16. The van der Waals surface area contributed by atoms with E-state index in [0.29, 0.717) is 5.71 Å². The van der Waals surface area contributed by atoms with Crippen molar-refractivity contribution in [2.75, 3.05) is 0 Å². The van der Waals surface area contributed by atoms with Crippen LogP contribution < -0.4 is 0 Å². The number of hydrogen-bond donors (Lipinski definition) is 1. The SMILES string of the molecule is N=C1C=CC(=C2C=C(c3ccccc3)C=C(c3ccccc3)[Se]2)C=C1. The van der Waals surface area contributed by atoms with Gasteiger partial charge in [0.1, 0.15) is 0 Å². The van der Waals surface area contributed by atoms with E-state index in [-0.39, 0.29) is 15.0 Å². The Kier molecular flexibility index (Phi) is 4.47. The molecule has 2 aromatic carbocycles. The van der Waals surface area contributed by atoms with Gasteiger partial charge in [0, 0.05) is 0 Å². The van der Waals surface area contributed by atoms with Gasteiger partial charge in [0.2, 0.25) is 0 Å². The molecular formula is C23H17NSe. The number of benzene rings is 2. The molecule has 0 atom stereocenters. The number of hydrogen-bond acceptors (Lipinski definition) is 1. The maximum atomic E-state index is 7.72. The van der Waals surface area contributed by atoms with E-state index >= 15 is 0 Å². The molecule has 4 rings (SSSR count). The van der Waals surface area contributed by atoms with Crippen LogP contribution in [0.15, 0.2) is 107 Å². The molecule has 1 N–H and O–H groups in total. The first-order chi connectivity index (χ1) is 12.3. The molecule has 2 heteroatoms. The Balaban J connectivity index is 1.83. The van der Waals surface area contributed by atoms with E-state index in [1.54, 1.807) is 0 Å². The Labute approximate surface area is 154 Å². The second-order valence-electron chi connectivity index (χ2n) is 5.88. The van der Waals surface area contributed by atoms with Gasteiger partial charge in [-0.05, 0) is 0 Å². The molecule has 0 aromatic heterocycles. The average molecular weight is 386 g/mol. The Bertz CT molecular complexity index is 940. The van der Waals surface area contributed by atoms with Crippen molar-refractivity contribution < 1.29 is 0 Å². The molecule has 2 aliphatic rings. The third-order valence-electron chi connectivity index (χ3n) is 4.13. The topological polar surface area (TPSA) is 23.9 Å². The van der Waals surface area contributed by atoms with Gasteiger partial charge in [0.05, 0.1) is 0 Å². The molecule has 0 unspecified atom stereocenters. The van der Waals surface area contributed by atoms with Gasteiger partial charge in [-0.2, -0.15) is 0 Å². The minimum atomic E-state index is 0.239. The van der Waals surface area contributed by atoms with Crippen molar-refractivity contribution >= 4 is 30.7 Å². The van der Waals surface area contributed by atoms with Gasteiger partial charge in [-0.1, -0.05) is 0 Å². The summed E-state index contributed by atoms with van der Waals surface area (Å²) in [5.74, 6) is 0. The Morgan fingerprint density at radius 2 is 1.24 bits per heavy atom. The number of allylic oxidation sites excluding steroid dienone is 9. The summed E-state index contributed by atoms with van der Waals surface area (Å²) >= 11 is 0.239. The molecule has 2 aromatic rings. The fraction of sp³-hybridized carbons (Fsp3) is 0. The van der Waals surface area contributed by atoms with Gasteiger partial charge in [-0.15, -0.1) is 0 Å². The van der Waals surface area contributed by atoms with Crippen LogP contribution in [0.2, 0.25) is 0 Å². The molecule has 1 aliphatic heterocycles. The molecule has 1 aliphatic carbocycles. The van der Waals surface area contributed by atoms with Crippen LogP contribution in [-0.4, -0.2) is 20.7 Å². The summed E-state index contributed by atoms with van der Waals surface area (Å²) in [6, 6.07) is 21.2. The zero-order chi connectivity index (χ0) is 17.1. The van der Waals surface area contributed by atoms with E-state index in [1.165, 1.54) is 31.2 Å². The van der Waals surface area contributed by atoms with E-state index < -0.39 is 0 Å². The maximum absolute atomic E-state index is 7.72. The van der Waals surface area contributed by atoms with Gasteiger partial charge < -0.3 is 0 Å². The zero-order valence-electron chi connectivity index (χ0n) is 13.6. The molecule has 25 heavy (non-hydrogen) atoms. The molecule has 0 amide bonds. The van der Waals surface area contributed by atoms with Gasteiger partial charge in [0.15, 0.2) is 0 Å². The minimum absolute atomic E-state index is 0.239. The first-order valence-corrected chi connectivity index (χ1v) is 9.92. The van der Waals surface area contributed by atoms with Crippen LogP contribution in [0.25, 0.3) is 10.0 Å². The Hall–Kier alpha value is -2.67. The van der Waals surface area contributed by atoms with E-state index in [9.17, 15) is 0 Å². The van der Waals surface area contributed by atoms with Crippen molar-refractivity contribution in [2.24, 2.45) is 0 Å². The number of rotatable bonds is 2. The monoisotopic (exact) mass is 387 g/mol. The van der Waals surface area contributed by atoms with Crippen LogP contribution in [0, 0.1) is 5.41 Å². The molecule has 0 spiro atoms. The second-order valence-corrected chi connectivity index (χ2v) is 8.16. The molecule has 0 radical (unpaired) electrons. The summed E-state index contributed by atoms with van der Waals surface area (Å²) in [5, 5.41) is 7.72.